The third-order valence-corrected chi connectivity index (χ3v) is 1.31. The van der Waals surface area contributed by atoms with Gasteiger partial charge in [0.05, 0.1) is 12.8 Å². The SMILES string of the molecule is CCCCCO.O=C(O)CCC(=O)O. The second-order valence-electron chi connectivity index (χ2n) is 2.72. The fourth-order valence-corrected chi connectivity index (χ4v) is 0.576. The van der Waals surface area contributed by atoms with Gasteiger partial charge in [0.2, 0.25) is 0 Å². The highest BCUT2D eigenvalue weighted by atomic mass is 16.4. The van der Waals surface area contributed by atoms with Crippen molar-refractivity contribution >= 4 is 11.9 Å². The van der Waals surface area contributed by atoms with E-state index in [0.717, 1.165) is 12.8 Å². The summed E-state index contributed by atoms with van der Waals surface area (Å²) in [6, 6.07) is 0. The van der Waals surface area contributed by atoms with Gasteiger partial charge in [0.25, 0.3) is 0 Å². The van der Waals surface area contributed by atoms with Gasteiger partial charge in [0.15, 0.2) is 0 Å². The molecular weight excluding hydrogens is 188 g/mol. The number of carboxylic acids is 2. The number of rotatable bonds is 6. The van der Waals surface area contributed by atoms with Gasteiger partial charge in [0.1, 0.15) is 0 Å². The quantitative estimate of drug-likeness (QED) is 0.566. The van der Waals surface area contributed by atoms with E-state index in [1.54, 1.807) is 0 Å². The van der Waals surface area contributed by atoms with Crippen molar-refractivity contribution in [2.75, 3.05) is 6.61 Å². The van der Waals surface area contributed by atoms with Crippen molar-refractivity contribution in [2.24, 2.45) is 0 Å². The normalized spacial score (nSPS) is 8.71. The summed E-state index contributed by atoms with van der Waals surface area (Å²) in [5.41, 5.74) is 0. The Morgan fingerprint density at radius 1 is 1.00 bits per heavy atom. The Morgan fingerprint density at radius 2 is 1.43 bits per heavy atom. The molecule has 14 heavy (non-hydrogen) atoms. The Hall–Kier alpha value is -1.10. The van der Waals surface area contributed by atoms with E-state index in [4.69, 9.17) is 15.3 Å². The van der Waals surface area contributed by atoms with Crippen molar-refractivity contribution in [1.82, 2.24) is 0 Å². The number of aliphatic hydroxyl groups is 1. The summed E-state index contributed by atoms with van der Waals surface area (Å²) in [6.07, 6.45) is 2.73. The molecule has 0 aliphatic heterocycles. The highest BCUT2D eigenvalue weighted by Crippen LogP contribution is 1.89. The monoisotopic (exact) mass is 206 g/mol. The van der Waals surface area contributed by atoms with E-state index < -0.39 is 11.9 Å². The van der Waals surface area contributed by atoms with Gasteiger partial charge >= 0.3 is 11.9 Å². The van der Waals surface area contributed by atoms with E-state index >= 15 is 0 Å². The van der Waals surface area contributed by atoms with Gasteiger partial charge in [-0.25, -0.2) is 0 Å². The molecule has 0 spiro atoms. The molecule has 0 saturated heterocycles. The Labute approximate surface area is 83.4 Å². The maximum absolute atomic E-state index is 9.64. The van der Waals surface area contributed by atoms with E-state index in [1.807, 2.05) is 0 Å². The first-order valence-electron chi connectivity index (χ1n) is 4.59. The van der Waals surface area contributed by atoms with Crippen molar-refractivity contribution < 1.29 is 24.9 Å². The zero-order valence-corrected chi connectivity index (χ0v) is 8.40. The van der Waals surface area contributed by atoms with Gasteiger partial charge in [-0.1, -0.05) is 19.8 Å². The standard InChI is InChI=1S/C5H12O.C4H6O4/c1-2-3-4-5-6;5-3(6)1-2-4(7)8/h6H,2-5H2,1H3;1-2H2,(H,5,6)(H,7,8). The number of unbranched alkanes of at least 4 members (excludes halogenated alkanes) is 2. The first-order valence-corrected chi connectivity index (χ1v) is 4.59. The lowest BCUT2D eigenvalue weighted by Gasteiger charge is -1.85. The minimum atomic E-state index is -1.08. The van der Waals surface area contributed by atoms with E-state index in [2.05, 4.69) is 6.92 Å². The molecule has 5 nitrogen and oxygen atoms in total. The van der Waals surface area contributed by atoms with Crippen LogP contribution < -0.4 is 0 Å². The van der Waals surface area contributed by atoms with Gasteiger partial charge in [-0.05, 0) is 6.42 Å². The van der Waals surface area contributed by atoms with Crippen LogP contribution in [0.1, 0.15) is 39.0 Å². The van der Waals surface area contributed by atoms with Crippen LogP contribution in [0.25, 0.3) is 0 Å². The summed E-state index contributed by atoms with van der Waals surface area (Å²) in [7, 11) is 0. The zero-order chi connectivity index (χ0) is 11.4. The molecule has 0 aliphatic rings. The van der Waals surface area contributed by atoms with Crippen LogP contribution in [-0.4, -0.2) is 33.9 Å². The molecule has 0 heterocycles. The average Bonchev–Trinajstić information content (AvgIpc) is 2.12. The first kappa shape index (κ1) is 15.4. The van der Waals surface area contributed by atoms with E-state index in [9.17, 15) is 9.59 Å². The van der Waals surface area contributed by atoms with Crippen LogP contribution in [0.4, 0.5) is 0 Å². The Morgan fingerprint density at radius 3 is 1.57 bits per heavy atom. The van der Waals surface area contributed by atoms with Crippen LogP contribution >= 0.6 is 0 Å². The maximum atomic E-state index is 9.64. The van der Waals surface area contributed by atoms with Crippen LogP contribution in [0.5, 0.6) is 0 Å². The van der Waals surface area contributed by atoms with Crippen molar-refractivity contribution in [3.05, 3.63) is 0 Å². The topological polar surface area (TPSA) is 94.8 Å². The van der Waals surface area contributed by atoms with Crippen LogP contribution in [0, 0.1) is 0 Å². The van der Waals surface area contributed by atoms with Gasteiger partial charge in [-0.3, -0.25) is 9.59 Å². The number of aliphatic carboxylic acids is 2. The first-order chi connectivity index (χ1) is 6.54. The van der Waals surface area contributed by atoms with Crippen LogP contribution in [-0.2, 0) is 9.59 Å². The predicted molar refractivity (Wildman–Crippen MR) is 51.1 cm³/mol. The van der Waals surface area contributed by atoms with Gasteiger partial charge in [-0.2, -0.15) is 0 Å². The predicted octanol–water partition coefficient (Wildman–Crippen LogP) is 1.10. The second-order valence-corrected chi connectivity index (χ2v) is 2.72. The minimum Gasteiger partial charge on any atom is -0.481 e. The van der Waals surface area contributed by atoms with E-state index in [-0.39, 0.29) is 12.8 Å². The van der Waals surface area contributed by atoms with Crippen molar-refractivity contribution in [3.63, 3.8) is 0 Å². The number of carbonyl (C=O) groups is 2. The summed E-state index contributed by atoms with van der Waals surface area (Å²) in [5, 5.41) is 24.0. The molecule has 0 aromatic heterocycles. The van der Waals surface area contributed by atoms with Crippen molar-refractivity contribution in [1.29, 1.82) is 0 Å². The lowest BCUT2D eigenvalue weighted by atomic mass is 10.3. The summed E-state index contributed by atoms with van der Waals surface area (Å²) in [5.74, 6) is -2.15. The van der Waals surface area contributed by atoms with Crippen LogP contribution in [0.2, 0.25) is 0 Å². The third kappa shape index (κ3) is 22.4. The molecule has 0 fully saturated rings. The van der Waals surface area contributed by atoms with Crippen molar-refractivity contribution in [2.45, 2.75) is 39.0 Å². The molecule has 0 unspecified atom stereocenters. The fourth-order valence-electron chi connectivity index (χ4n) is 0.576. The molecule has 0 atom stereocenters. The molecule has 0 aromatic rings. The molecular formula is C9H18O5. The van der Waals surface area contributed by atoms with E-state index in [1.165, 1.54) is 6.42 Å². The number of hydrogen-bond acceptors (Lipinski definition) is 3. The summed E-state index contributed by atoms with van der Waals surface area (Å²) >= 11 is 0. The Kier molecular flexibility index (Phi) is 13.1. The number of carboxylic acid groups (broad SMARTS) is 2. The summed E-state index contributed by atoms with van der Waals surface area (Å²) in [6.45, 7) is 2.48. The molecule has 0 saturated carbocycles. The zero-order valence-electron chi connectivity index (χ0n) is 8.40. The summed E-state index contributed by atoms with van der Waals surface area (Å²) in [4.78, 5) is 19.3. The smallest absolute Gasteiger partial charge is 0.303 e. The molecule has 0 radical (unpaired) electrons. The number of aliphatic hydroxyl groups excluding tert-OH is 1. The molecule has 0 bridgehead atoms. The molecule has 0 aliphatic carbocycles. The van der Waals surface area contributed by atoms with Gasteiger partial charge in [-0.15, -0.1) is 0 Å². The van der Waals surface area contributed by atoms with Gasteiger partial charge < -0.3 is 15.3 Å². The lowest BCUT2D eigenvalue weighted by molar-refractivity contribution is -0.143. The van der Waals surface area contributed by atoms with Crippen molar-refractivity contribution in [3.8, 4) is 0 Å². The lowest BCUT2D eigenvalue weighted by Crippen LogP contribution is -2.00. The van der Waals surface area contributed by atoms with Crippen LogP contribution in [0.3, 0.4) is 0 Å². The second kappa shape index (κ2) is 11.9. The number of hydrogen-bond donors (Lipinski definition) is 3. The maximum Gasteiger partial charge on any atom is 0.303 e. The third-order valence-electron chi connectivity index (χ3n) is 1.31. The molecule has 0 aromatic carbocycles. The molecule has 0 amide bonds. The van der Waals surface area contributed by atoms with E-state index in [0.29, 0.717) is 6.61 Å². The van der Waals surface area contributed by atoms with Gasteiger partial charge in [0, 0.05) is 6.61 Å². The molecule has 5 heteroatoms. The minimum absolute atomic E-state index is 0.296. The highest BCUT2D eigenvalue weighted by Gasteiger charge is 2.00. The average molecular weight is 206 g/mol. The summed E-state index contributed by atoms with van der Waals surface area (Å²) < 4.78 is 0. The highest BCUT2D eigenvalue weighted by molar-refractivity contribution is 5.75. The fraction of sp³-hybridized carbons (Fsp3) is 0.778. The molecule has 3 N–H and O–H groups in total. The Bertz CT molecular complexity index is 137. The Balaban J connectivity index is 0. The largest absolute Gasteiger partial charge is 0.481 e. The molecule has 84 valence electrons. The van der Waals surface area contributed by atoms with Crippen LogP contribution in [0.15, 0.2) is 0 Å². The molecule has 0 rings (SSSR count).